The fourth-order valence-corrected chi connectivity index (χ4v) is 4.74. The number of carboxylic acid groups (broad SMARTS) is 2. The van der Waals surface area contributed by atoms with E-state index in [0.717, 1.165) is 41.3 Å². The van der Waals surface area contributed by atoms with Gasteiger partial charge in [-0.15, -0.1) is 0 Å². The van der Waals surface area contributed by atoms with Crippen LogP contribution in [0.4, 0.5) is 32.4 Å². The average Bonchev–Trinajstić information content (AvgIpc) is 3.06. The Balaban J connectivity index is 1.66. The van der Waals surface area contributed by atoms with Crippen molar-refractivity contribution in [1.29, 1.82) is 0 Å². The monoisotopic (exact) mass is 700 g/mol. The normalized spacial score (nSPS) is 11.3. The van der Waals surface area contributed by atoms with Gasteiger partial charge in [-0.1, -0.05) is 60.7 Å². The molecule has 4 rings (SSSR count). The molecule has 0 saturated heterocycles. The number of ether oxygens (including phenoxy) is 2. The summed E-state index contributed by atoms with van der Waals surface area (Å²) in [6.45, 7) is -1.38. The van der Waals surface area contributed by atoms with Crippen molar-refractivity contribution in [2.75, 3.05) is 26.0 Å². The molecule has 0 unspecified atom stereocenters. The largest absolute Gasteiger partial charge is 0.514 e. The quantitative estimate of drug-likeness (QED) is 0.0755. The molecule has 4 aromatic rings. The number of carbonyl (C=O) groups excluding carboxylic acids is 3. The first-order chi connectivity index (χ1) is 23.5. The maximum Gasteiger partial charge on any atom is 0.514 e. The van der Waals surface area contributed by atoms with Crippen LogP contribution >= 0.6 is 0 Å². The highest BCUT2D eigenvalue weighted by Gasteiger charge is 2.50. The highest BCUT2D eigenvalue weighted by atomic mass is 19.4. The number of amides is 2. The number of benzene rings is 4. The van der Waals surface area contributed by atoms with E-state index in [2.05, 4.69) is 10.1 Å². The average molecular weight is 701 g/mol. The summed E-state index contributed by atoms with van der Waals surface area (Å²) in [6.07, 6.45) is -6.55. The van der Waals surface area contributed by atoms with Gasteiger partial charge >= 0.3 is 24.3 Å². The Morgan fingerprint density at radius 3 is 1.94 bits per heavy atom. The summed E-state index contributed by atoms with van der Waals surface area (Å²) in [5, 5.41) is 21.7. The first-order valence-electron chi connectivity index (χ1n) is 14.2. The van der Waals surface area contributed by atoms with Crippen LogP contribution < -0.4 is 10.1 Å². The number of carboxylic acids is 2. The van der Waals surface area contributed by atoms with Crippen molar-refractivity contribution in [3.05, 3.63) is 119 Å². The van der Waals surface area contributed by atoms with E-state index in [-0.39, 0.29) is 22.3 Å². The van der Waals surface area contributed by atoms with Gasteiger partial charge < -0.3 is 29.9 Å². The Kier molecular flexibility index (Phi) is 10.5. The summed E-state index contributed by atoms with van der Waals surface area (Å²) in [5.74, 6) is -11.0. The summed E-state index contributed by atoms with van der Waals surface area (Å²) in [7, 11) is 2.37. The van der Waals surface area contributed by atoms with Crippen LogP contribution in [0.1, 0.15) is 31.8 Å². The smallest absolute Gasteiger partial charge is 0.480 e. The van der Waals surface area contributed by atoms with Crippen molar-refractivity contribution in [2.45, 2.75) is 11.6 Å². The lowest BCUT2D eigenvalue weighted by molar-refractivity contribution is -0.160. The second-order valence-corrected chi connectivity index (χ2v) is 10.7. The fourth-order valence-electron chi connectivity index (χ4n) is 4.74. The topological polar surface area (TPSA) is 160 Å². The van der Waals surface area contributed by atoms with E-state index in [4.69, 9.17) is 4.74 Å². The maximum atomic E-state index is 15.8. The van der Waals surface area contributed by atoms with E-state index in [0.29, 0.717) is 6.07 Å². The molecule has 0 heterocycles. The molecule has 0 atom stereocenters. The molecule has 260 valence electrons. The minimum Gasteiger partial charge on any atom is -0.480 e. The Bertz CT molecular complexity index is 1950. The molecule has 0 bridgehead atoms. The molecule has 2 amide bonds. The molecule has 0 saturated carbocycles. The van der Waals surface area contributed by atoms with E-state index in [9.17, 15) is 47.4 Å². The summed E-state index contributed by atoms with van der Waals surface area (Å²) >= 11 is 0. The van der Waals surface area contributed by atoms with Gasteiger partial charge in [0.1, 0.15) is 12.2 Å². The van der Waals surface area contributed by atoms with Crippen molar-refractivity contribution >= 4 is 35.6 Å². The lowest BCUT2D eigenvalue weighted by Crippen LogP contribution is -2.48. The molecule has 0 aliphatic rings. The van der Waals surface area contributed by atoms with Crippen LogP contribution in [0.2, 0.25) is 0 Å². The first kappa shape index (κ1) is 36.5. The van der Waals surface area contributed by atoms with Crippen LogP contribution in [-0.4, -0.2) is 65.7 Å². The van der Waals surface area contributed by atoms with Gasteiger partial charge in [-0.25, -0.2) is 13.6 Å². The molecule has 0 spiro atoms. The maximum absolute atomic E-state index is 15.8. The molecule has 0 fully saturated rings. The molecule has 0 aliphatic carbocycles. The van der Waals surface area contributed by atoms with Crippen molar-refractivity contribution in [3.8, 4) is 16.9 Å². The van der Waals surface area contributed by atoms with Gasteiger partial charge in [-0.2, -0.15) is 13.2 Å². The van der Waals surface area contributed by atoms with Crippen LogP contribution in [0.3, 0.4) is 0 Å². The number of nitrogens with one attached hydrogen (secondary N) is 1. The standard InChI is InChI=1S/C34H25F5N2O9/c1-41(2)29(43)25-24(40-28(42)22-11-7-6-10-21(22)18-12-14-20(15-13-18)34(37,38)39)16-23(35)27(26(25)36)50-32(48)49-17-33(30(44)45,31(46)47)19-8-4-3-5-9-19/h3-16H,17H2,1-2H3,(H,40,42)(H,44,45)(H,46,47). The molecular formula is C34H25F5N2O9. The molecule has 3 N–H and O–H groups in total. The van der Waals surface area contributed by atoms with Crippen LogP contribution in [0.25, 0.3) is 11.1 Å². The van der Waals surface area contributed by atoms with Gasteiger partial charge in [0, 0.05) is 25.7 Å². The van der Waals surface area contributed by atoms with Gasteiger partial charge in [0.25, 0.3) is 11.8 Å². The Morgan fingerprint density at radius 2 is 1.38 bits per heavy atom. The predicted molar refractivity (Wildman–Crippen MR) is 165 cm³/mol. The molecule has 50 heavy (non-hydrogen) atoms. The predicted octanol–water partition coefficient (Wildman–Crippen LogP) is 6.23. The lowest BCUT2D eigenvalue weighted by Gasteiger charge is -2.24. The van der Waals surface area contributed by atoms with Crippen LogP contribution in [-0.2, 0) is 25.9 Å². The summed E-state index contributed by atoms with van der Waals surface area (Å²) in [6, 6.07) is 16.3. The van der Waals surface area contributed by atoms with Crippen LogP contribution in [0.15, 0.2) is 84.9 Å². The summed E-state index contributed by atoms with van der Waals surface area (Å²) in [4.78, 5) is 64.0. The molecule has 0 aromatic heterocycles. The highest BCUT2D eigenvalue weighted by Crippen LogP contribution is 2.35. The third-order valence-corrected chi connectivity index (χ3v) is 7.33. The second-order valence-electron chi connectivity index (χ2n) is 10.7. The van der Waals surface area contributed by atoms with E-state index < -0.39 is 82.3 Å². The lowest BCUT2D eigenvalue weighted by atomic mass is 9.81. The van der Waals surface area contributed by atoms with Gasteiger partial charge in [0.05, 0.1) is 11.3 Å². The second kappa shape index (κ2) is 14.4. The zero-order chi connectivity index (χ0) is 37.0. The molecule has 4 aromatic carbocycles. The van der Waals surface area contributed by atoms with E-state index >= 15 is 8.78 Å². The van der Waals surface area contributed by atoms with E-state index in [1.54, 1.807) is 0 Å². The highest BCUT2D eigenvalue weighted by molar-refractivity contribution is 6.12. The summed E-state index contributed by atoms with van der Waals surface area (Å²) < 4.78 is 79.7. The van der Waals surface area contributed by atoms with Crippen molar-refractivity contribution in [3.63, 3.8) is 0 Å². The van der Waals surface area contributed by atoms with E-state index in [1.807, 2.05) is 0 Å². The molecule has 0 aliphatic heterocycles. The van der Waals surface area contributed by atoms with Crippen molar-refractivity contribution < 1.29 is 65.6 Å². The number of carbonyl (C=O) groups is 5. The van der Waals surface area contributed by atoms with Gasteiger partial charge in [-0.3, -0.25) is 19.2 Å². The van der Waals surface area contributed by atoms with E-state index in [1.165, 1.54) is 56.6 Å². The zero-order valence-corrected chi connectivity index (χ0v) is 25.9. The number of hydrogen-bond acceptors (Lipinski definition) is 7. The Labute approximate surface area is 279 Å². The molecule has 16 heteroatoms. The summed E-state index contributed by atoms with van der Waals surface area (Å²) in [5.41, 5.74) is -5.63. The van der Waals surface area contributed by atoms with Gasteiger partial charge in [-0.05, 0) is 34.9 Å². The number of hydrogen-bond donors (Lipinski definition) is 3. The van der Waals surface area contributed by atoms with Gasteiger partial charge in [0.15, 0.2) is 11.6 Å². The number of rotatable bonds is 10. The fraction of sp³-hybridized carbons (Fsp3) is 0.147. The molecule has 11 nitrogen and oxygen atoms in total. The van der Waals surface area contributed by atoms with Crippen LogP contribution in [0.5, 0.6) is 5.75 Å². The number of nitrogens with zero attached hydrogens (tertiary/aromatic N) is 1. The molecular weight excluding hydrogens is 675 g/mol. The van der Waals surface area contributed by atoms with Crippen molar-refractivity contribution in [2.24, 2.45) is 0 Å². The third kappa shape index (κ3) is 7.38. The zero-order valence-electron chi connectivity index (χ0n) is 25.9. The van der Waals surface area contributed by atoms with Crippen LogP contribution in [0, 0.1) is 11.6 Å². The Hall–Kier alpha value is -6.32. The SMILES string of the molecule is CN(C)C(=O)c1c(NC(=O)c2ccccc2-c2ccc(C(F)(F)F)cc2)cc(F)c(OC(=O)OCC(C(=O)O)(C(=O)O)c2ccccc2)c1F. The first-order valence-corrected chi connectivity index (χ1v) is 14.2. The third-order valence-electron chi connectivity index (χ3n) is 7.33. The minimum atomic E-state index is -4.62. The number of aliphatic carboxylic acids is 2. The number of alkyl halides is 3. The minimum absolute atomic E-state index is 0.136. The molecule has 0 radical (unpaired) electrons. The number of halogens is 5. The Morgan fingerprint density at radius 1 is 0.800 bits per heavy atom. The van der Waals surface area contributed by atoms with Crippen molar-refractivity contribution in [1.82, 2.24) is 4.90 Å². The number of anilines is 1. The van der Waals surface area contributed by atoms with Gasteiger partial charge in [0.2, 0.25) is 11.2 Å².